The Bertz CT molecular complexity index is 363. The lowest BCUT2D eigenvalue weighted by Crippen LogP contribution is -2.30. The van der Waals surface area contributed by atoms with Gasteiger partial charge >= 0.3 is 0 Å². The second-order valence-corrected chi connectivity index (χ2v) is 3.77. The SMILES string of the molecule is CC(=O)CC(=O)N(C)CCc1ccccn1. The predicted octanol–water partition coefficient (Wildman–Crippen LogP) is 1.06. The Morgan fingerprint density at radius 1 is 1.38 bits per heavy atom. The number of aromatic nitrogens is 1. The summed E-state index contributed by atoms with van der Waals surface area (Å²) in [5.74, 6) is -0.238. The molecule has 0 aliphatic rings. The van der Waals surface area contributed by atoms with Crippen LogP contribution in [-0.4, -0.2) is 35.2 Å². The number of rotatable bonds is 5. The molecule has 0 aromatic carbocycles. The van der Waals surface area contributed by atoms with Crippen LogP contribution in [0.4, 0.5) is 0 Å². The Morgan fingerprint density at radius 2 is 2.12 bits per heavy atom. The highest BCUT2D eigenvalue weighted by Gasteiger charge is 2.10. The number of amides is 1. The molecule has 1 aromatic rings. The number of Topliss-reactive ketones (excluding diaryl/α,β-unsaturated/α-hetero) is 1. The van der Waals surface area contributed by atoms with Gasteiger partial charge in [0.2, 0.25) is 5.91 Å². The molecule has 0 saturated carbocycles. The number of pyridine rings is 1. The fourth-order valence-corrected chi connectivity index (χ4v) is 1.30. The van der Waals surface area contributed by atoms with Gasteiger partial charge in [0, 0.05) is 31.9 Å². The van der Waals surface area contributed by atoms with Gasteiger partial charge in [0.25, 0.3) is 0 Å². The fraction of sp³-hybridized carbons (Fsp3) is 0.417. The summed E-state index contributed by atoms with van der Waals surface area (Å²) in [5, 5.41) is 0. The molecule has 86 valence electrons. The van der Waals surface area contributed by atoms with Crippen molar-refractivity contribution < 1.29 is 9.59 Å². The number of likely N-dealkylation sites (N-methyl/N-ethyl adjacent to an activating group) is 1. The van der Waals surface area contributed by atoms with Crippen molar-refractivity contribution in [3.8, 4) is 0 Å². The second-order valence-electron chi connectivity index (χ2n) is 3.77. The smallest absolute Gasteiger partial charge is 0.229 e. The molecule has 1 amide bonds. The van der Waals surface area contributed by atoms with Gasteiger partial charge in [-0.3, -0.25) is 14.6 Å². The Labute approximate surface area is 95.3 Å². The first-order valence-electron chi connectivity index (χ1n) is 5.23. The number of carbonyl (C=O) groups is 2. The van der Waals surface area contributed by atoms with Crippen LogP contribution in [0.3, 0.4) is 0 Å². The Balaban J connectivity index is 2.38. The van der Waals surface area contributed by atoms with E-state index in [1.165, 1.54) is 6.92 Å². The molecule has 0 aliphatic heterocycles. The average molecular weight is 220 g/mol. The zero-order valence-electron chi connectivity index (χ0n) is 9.64. The van der Waals surface area contributed by atoms with Gasteiger partial charge in [-0.15, -0.1) is 0 Å². The molecule has 0 spiro atoms. The molecule has 1 aromatic heterocycles. The van der Waals surface area contributed by atoms with Crippen LogP contribution >= 0.6 is 0 Å². The van der Waals surface area contributed by atoms with E-state index in [1.807, 2.05) is 18.2 Å². The van der Waals surface area contributed by atoms with Crippen LogP contribution in [0.25, 0.3) is 0 Å². The van der Waals surface area contributed by atoms with E-state index in [0.717, 1.165) is 5.69 Å². The van der Waals surface area contributed by atoms with Gasteiger partial charge in [0.1, 0.15) is 5.78 Å². The van der Waals surface area contributed by atoms with Gasteiger partial charge in [0.15, 0.2) is 0 Å². The molecule has 0 atom stereocenters. The minimum atomic E-state index is -0.136. The highest BCUT2D eigenvalue weighted by Crippen LogP contribution is 1.98. The van der Waals surface area contributed by atoms with Crippen molar-refractivity contribution in [1.29, 1.82) is 0 Å². The van der Waals surface area contributed by atoms with E-state index in [1.54, 1.807) is 18.1 Å². The van der Waals surface area contributed by atoms with Crippen molar-refractivity contribution in [2.24, 2.45) is 0 Å². The standard InChI is InChI=1S/C12H16N2O2/c1-10(15)9-12(16)14(2)8-6-11-5-3-4-7-13-11/h3-5,7H,6,8-9H2,1-2H3. The van der Waals surface area contributed by atoms with Crippen LogP contribution in [0.5, 0.6) is 0 Å². The summed E-state index contributed by atoms with van der Waals surface area (Å²) in [6.07, 6.45) is 2.42. The summed E-state index contributed by atoms with van der Waals surface area (Å²) >= 11 is 0. The minimum Gasteiger partial charge on any atom is -0.345 e. The summed E-state index contributed by atoms with van der Waals surface area (Å²) in [7, 11) is 1.70. The van der Waals surface area contributed by atoms with Crippen LogP contribution in [0, 0.1) is 0 Å². The monoisotopic (exact) mass is 220 g/mol. The van der Waals surface area contributed by atoms with Crippen molar-refractivity contribution >= 4 is 11.7 Å². The van der Waals surface area contributed by atoms with Gasteiger partial charge in [-0.1, -0.05) is 6.07 Å². The molecule has 4 heteroatoms. The Kier molecular flexibility index (Phi) is 4.64. The maximum Gasteiger partial charge on any atom is 0.229 e. The highest BCUT2D eigenvalue weighted by molar-refractivity contribution is 5.96. The first-order chi connectivity index (χ1) is 7.59. The first-order valence-corrected chi connectivity index (χ1v) is 5.23. The maximum absolute atomic E-state index is 11.5. The molecule has 0 radical (unpaired) electrons. The van der Waals surface area contributed by atoms with E-state index in [0.29, 0.717) is 13.0 Å². The molecular weight excluding hydrogens is 204 g/mol. The first kappa shape index (κ1) is 12.4. The van der Waals surface area contributed by atoms with Crippen LogP contribution in [-0.2, 0) is 16.0 Å². The van der Waals surface area contributed by atoms with Crippen molar-refractivity contribution in [3.05, 3.63) is 30.1 Å². The lowest BCUT2D eigenvalue weighted by molar-refractivity contribution is -0.133. The second kappa shape index (κ2) is 6.00. The van der Waals surface area contributed by atoms with E-state index in [9.17, 15) is 9.59 Å². The van der Waals surface area contributed by atoms with E-state index in [2.05, 4.69) is 4.98 Å². The van der Waals surface area contributed by atoms with Gasteiger partial charge in [-0.05, 0) is 19.1 Å². The molecule has 0 aliphatic carbocycles. The van der Waals surface area contributed by atoms with E-state index in [-0.39, 0.29) is 18.1 Å². The molecule has 1 heterocycles. The lowest BCUT2D eigenvalue weighted by Gasteiger charge is -2.15. The molecule has 4 nitrogen and oxygen atoms in total. The van der Waals surface area contributed by atoms with E-state index >= 15 is 0 Å². The molecule has 0 saturated heterocycles. The molecule has 0 N–H and O–H groups in total. The van der Waals surface area contributed by atoms with Crippen LogP contribution in [0.1, 0.15) is 19.0 Å². The number of nitrogens with zero attached hydrogens (tertiary/aromatic N) is 2. The maximum atomic E-state index is 11.5. The summed E-state index contributed by atoms with van der Waals surface area (Å²) in [5.41, 5.74) is 0.949. The third-order valence-corrected chi connectivity index (χ3v) is 2.26. The number of hydrogen-bond donors (Lipinski definition) is 0. The summed E-state index contributed by atoms with van der Waals surface area (Å²) in [6.45, 7) is 2.01. The summed E-state index contributed by atoms with van der Waals surface area (Å²) < 4.78 is 0. The third kappa shape index (κ3) is 4.21. The van der Waals surface area contributed by atoms with Crippen molar-refractivity contribution in [1.82, 2.24) is 9.88 Å². The third-order valence-electron chi connectivity index (χ3n) is 2.26. The lowest BCUT2D eigenvalue weighted by atomic mass is 10.2. The normalized spacial score (nSPS) is 9.88. The summed E-state index contributed by atoms with van der Waals surface area (Å²) in [6, 6.07) is 5.69. The Hall–Kier alpha value is -1.71. The van der Waals surface area contributed by atoms with Gasteiger partial charge in [0.05, 0.1) is 6.42 Å². The topological polar surface area (TPSA) is 50.3 Å². The molecule has 0 unspecified atom stereocenters. The van der Waals surface area contributed by atoms with Gasteiger partial charge < -0.3 is 4.90 Å². The summed E-state index contributed by atoms with van der Waals surface area (Å²) in [4.78, 5) is 28.0. The van der Waals surface area contributed by atoms with Crippen LogP contribution in [0.2, 0.25) is 0 Å². The predicted molar refractivity (Wildman–Crippen MR) is 60.9 cm³/mol. The molecule has 0 fully saturated rings. The van der Waals surface area contributed by atoms with Gasteiger partial charge in [-0.25, -0.2) is 0 Å². The largest absolute Gasteiger partial charge is 0.345 e. The quantitative estimate of drug-likeness (QED) is 0.697. The Morgan fingerprint density at radius 3 is 2.69 bits per heavy atom. The molecular formula is C12H16N2O2. The zero-order valence-corrected chi connectivity index (χ0v) is 9.64. The number of carbonyl (C=O) groups excluding carboxylic acids is 2. The van der Waals surface area contributed by atoms with Crippen molar-refractivity contribution in [2.45, 2.75) is 19.8 Å². The van der Waals surface area contributed by atoms with E-state index < -0.39 is 0 Å². The number of ketones is 1. The minimum absolute atomic E-state index is 0.0152. The van der Waals surface area contributed by atoms with Gasteiger partial charge in [-0.2, -0.15) is 0 Å². The molecule has 16 heavy (non-hydrogen) atoms. The van der Waals surface area contributed by atoms with E-state index in [4.69, 9.17) is 0 Å². The fourth-order valence-electron chi connectivity index (χ4n) is 1.30. The average Bonchev–Trinajstić information content (AvgIpc) is 2.26. The molecule has 1 rings (SSSR count). The van der Waals surface area contributed by atoms with Crippen LogP contribution in [0.15, 0.2) is 24.4 Å². The molecule has 0 bridgehead atoms. The highest BCUT2D eigenvalue weighted by atomic mass is 16.2. The number of hydrogen-bond acceptors (Lipinski definition) is 3. The zero-order chi connectivity index (χ0) is 12.0. The van der Waals surface area contributed by atoms with Crippen LogP contribution < -0.4 is 0 Å². The van der Waals surface area contributed by atoms with Crippen molar-refractivity contribution in [3.63, 3.8) is 0 Å². The van der Waals surface area contributed by atoms with Crippen molar-refractivity contribution in [2.75, 3.05) is 13.6 Å².